The summed E-state index contributed by atoms with van der Waals surface area (Å²) in [5, 5.41) is 0. The van der Waals surface area contributed by atoms with Gasteiger partial charge in [0.15, 0.2) is 0 Å². The van der Waals surface area contributed by atoms with E-state index in [1.54, 1.807) is 13.8 Å². The minimum Gasteiger partial charge on any atom is -0.326 e. The van der Waals surface area contributed by atoms with Gasteiger partial charge in [-0.3, -0.25) is 4.90 Å². The predicted octanol–water partition coefficient (Wildman–Crippen LogP) is 3.49. The molecule has 2 atom stereocenters. The topological polar surface area (TPSA) is 29.3 Å². The molecule has 0 aliphatic heterocycles. The number of aryl methyl sites for hydroxylation is 1. The Morgan fingerprint density at radius 3 is 2.25 bits per heavy atom. The molecule has 1 aromatic rings. The van der Waals surface area contributed by atoms with Crippen LogP contribution in [0.5, 0.6) is 0 Å². The van der Waals surface area contributed by atoms with Crippen molar-refractivity contribution in [2.24, 2.45) is 5.73 Å². The maximum Gasteiger partial charge on any atom is 0.405 e. The van der Waals surface area contributed by atoms with Crippen LogP contribution in [-0.2, 0) is 6.54 Å². The molecule has 2 nitrogen and oxygen atoms in total. The van der Waals surface area contributed by atoms with Crippen molar-refractivity contribution in [3.63, 3.8) is 0 Å². The molecule has 114 valence electrons. The second-order valence-corrected chi connectivity index (χ2v) is 5.05. The second-order valence-electron chi connectivity index (χ2n) is 5.05. The number of halogens is 3. The fraction of sp³-hybridized carbons (Fsp3) is 0.600. The standard InChI is InChI=1S/C15H23F3N2/c1-4-13(19)14(15(16,17)18)20(5-2)10-12-9-7-6-8-11(12)3/h6-9,13-14H,4-5,10,19H2,1-3H3. The van der Waals surface area contributed by atoms with E-state index in [-0.39, 0.29) is 6.54 Å². The van der Waals surface area contributed by atoms with Crippen LogP contribution in [-0.4, -0.2) is 29.7 Å². The molecule has 0 amide bonds. The summed E-state index contributed by atoms with van der Waals surface area (Å²) in [7, 11) is 0. The summed E-state index contributed by atoms with van der Waals surface area (Å²) in [4.78, 5) is 1.41. The molecular formula is C15H23F3N2. The van der Waals surface area contributed by atoms with Crippen molar-refractivity contribution < 1.29 is 13.2 Å². The smallest absolute Gasteiger partial charge is 0.326 e. The van der Waals surface area contributed by atoms with Gasteiger partial charge in [-0.1, -0.05) is 38.1 Å². The largest absolute Gasteiger partial charge is 0.405 e. The Balaban J connectivity index is 3.00. The van der Waals surface area contributed by atoms with Crippen LogP contribution in [0.2, 0.25) is 0 Å². The first-order valence-electron chi connectivity index (χ1n) is 6.92. The van der Waals surface area contributed by atoms with E-state index in [1.165, 1.54) is 4.90 Å². The summed E-state index contributed by atoms with van der Waals surface area (Å²) in [6.45, 7) is 5.91. The lowest BCUT2D eigenvalue weighted by molar-refractivity contribution is -0.190. The molecule has 2 unspecified atom stereocenters. The third-order valence-electron chi connectivity index (χ3n) is 3.65. The van der Waals surface area contributed by atoms with Gasteiger partial charge in [-0.15, -0.1) is 0 Å². The minimum absolute atomic E-state index is 0.265. The molecule has 0 heterocycles. The molecule has 1 aromatic carbocycles. The van der Waals surface area contributed by atoms with Gasteiger partial charge < -0.3 is 5.73 Å². The van der Waals surface area contributed by atoms with E-state index >= 15 is 0 Å². The van der Waals surface area contributed by atoms with E-state index in [2.05, 4.69) is 0 Å². The maximum absolute atomic E-state index is 13.3. The normalized spacial score (nSPS) is 15.4. The predicted molar refractivity (Wildman–Crippen MR) is 75.4 cm³/mol. The number of benzene rings is 1. The summed E-state index contributed by atoms with van der Waals surface area (Å²) in [6.07, 6.45) is -4.01. The van der Waals surface area contributed by atoms with Crippen molar-refractivity contribution in [1.29, 1.82) is 0 Å². The van der Waals surface area contributed by atoms with E-state index in [0.29, 0.717) is 13.0 Å². The molecule has 1 rings (SSSR count). The summed E-state index contributed by atoms with van der Waals surface area (Å²) < 4.78 is 39.8. The highest BCUT2D eigenvalue weighted by atomic mass is 19.4. The molecule has 20 heavy (non-hydrogen) atoms. The highest BCUT2D eigenvalue weighted by molar-refractivity contribution is 5.25. The summed E-state index contributed by atoms with van der Waals surface area (Å²) in [6, 6.07) is 5.00. The van der Waals surface area contributed by atoms with Gasteiger partial charge in [0.05, 0.1) is 0 Å². The van der Waals surface area contributed by atoms with Gasteiger partial charge in [-0.2, -0.15) is 13.2 Å². The van der Waals surface area contributed by atoms with Gasteiger partial charge in [0, 0.05) is 12.6 Å². The van der Waals surface area contributed by atoms with E-state index in [4.69, 9.17) is 5.73 Å². The third-order valence-corrected chi connectivity index (χ3v) is 3.65. The monoisotopic (exact) mass is 288 g/mol. The van der Waals surface area contributed by atoms with Crippen molar-refractivity contribution in [2.45, 2.75) is 52.0 Å². The first-order chi connectivity index (χ1) is 9.31. The summed E-state index contributed by atoms with van der Waals surface area (Å²) >= 11 is 0. The summed E-state index contributed by atoms with van der Waals surface area (Å²) in [5.41, 5.74) is 7.62. The Morgan fingerprint density at radius 1 is 1.20 bits per heavy atom. The zero-order valence-electron chi connectivity index (χ0n) is 12.2. The van der Waals surface area contributed by atoms with Gasteiger partial charge >= 0.3 is 6.18 Å². The first-order valence-corrected chi connectivity index (χ1v) is 6.92. The Hall–Kier alpha value is -1.07. The lowest BCUT2D eigenvalue weighted by Crippen LogP contribution is -2.55. The van der Waals surface area contributed by atoms with E-state index in [0.717, 1.165) is 11.1 Å². The Bertz CT molecular complexity index is 418. The van der Waals surface area contributed by atoms with Crippen LogP contribution in [0.1, 0.15) is 31.4 Å². The van der Waals surface area contributed by atoms with Crippen LogP contribution < -0.4 is 5.73 Å². The molecule has 5 heteroatoms. The minimum atomic E-state index is -4.31. The number of hydrogen-bond acceptors (Lipinski definition) is 2. The number of likely N-dealkylation sites (N-methyl/N-ethyl adjacent to an activating group) is 1. The fourth-order valence-corrected chi connectivity index (χ4v) is 2.36. The number of alkyl halides is 3. The van der Waals surface area contributed by atoms with Crippen molar-refractivity contribution in [1.82, 2.24) is 4.90 Å². The maximum atomic E-state index is 13.3. The molecule has 0 saturated heterocycles. The molecule has 0 aliphatic carbocycles. The van der Waals surface area contributed by atoms with Crippen LogP contribution in [0.3, 0.4) is 0 Å². The molecule has 0 bridgehead atoms. The second kappa shape index (κ2) is 7.09. The van der Waals surface area contributed by atoms with E-state index < -0.39 is 18.3 Å². The summed E-state index contributed by atoms with van der Waals surface area (Å²) in [5.74, 6) is 0. The van der Waals surface area contributed by atoms with E-state index in [1.807, 2.05) is 31.2 Å². The highest BCUT2D eigenvalue weighted by Crippen LogP contribution is 2.29. The number of nitrogens with zero attached hydrogens (tertiary/aromatic N) is 1. The van der Waals surface area contributed by atoms with Gasteiger partial charge in [-0.05, 0) is 31.0 Å². The van der Waals surface area contributed by atoms with Crippen molar-refractivity contribution >= 4 is 0 Å². The molecule has 0 aromatic heterocycles. The molecule has 0 aliphatic rings. The Morgan fingerprint density at radius 2 is 1.80 bits per heavy atom. The van der Waals surface area contributed by atoms with Crippen LogP contribution in [0.15, 0.2) is 24.3 Å². The fourth-order valence-electron chi connectivity index (χ4n) is 2.36. The van der Waals surface area contributed by atoms with Crippen LogP contribution >= 0.6 is 0 Å². The SMILES string of the molecule is CCC(N)C(N(CC)Cc1ccccc1C)C(F)(F)F. The first kappa shape index (κ1) is 17.0. The van der Waals surface area contributed by atoms with Crippen LogP contribution in [0.4, 0.5) is 13.2 Å². The molecule has 0 spiro atoms. The third kappa shape index (κ3) is 4.21. The number of nitrogens with two attached hydrogens (primary N) is 1. The average Bonchev–Trinajstić information content (AvgIpc) is 2.38. The van der Waals surface area contributed by atoms with Gasteiger partial charge in [-0.25, -0.2) is 0 Å². The zero-order chi connectivity index (χ0) is 15.3. The van der Waals surface area contributed by atoms with Crippen molar-refractivity contribution in [3.8, 4) is 0 Å². The van der Waals surface area contributed by atoms with Gasteiger partial charge in [0.2, 0.25) is 0 Å². The molecule has 0 fully saturated rings. The zero-order valence-corrected chi connectivity index (χ0v) is 12.2. The number of hydrogen-bond donors (Lipinski definition) is 1. The molecular weight excluding hydrogens is 265 g/mol. The van der Waals surface area contributed by atoms with Crippen LogP contribution in [0.25, 0.3) is 0 Å². The van der Waals surface area contributed by atoms with Gasteiger partial charge in [0.25, 0.3) is 0 Å². The van der Waals surface area contributed by atoms with Gasteiger partial charge in [0.1, 0.15) is 6.04 Å². The molecule has 0 saturated carbocycles. The van der Waals surface area contributed by atoms with Crippen molar-refractivity contribution in [2.75, 3.05) is 6.54 Å². The quantitative estimate of drug-likeness (QED) is 0.868. The van der Waals surface area contributed by atoms with Crippen molar-refractivity contribution in [3.05, 3.63) is 35.4 Å². The Kier molecular flexibility index (Phi) is 6.02. The highest BCUT2D eigenvalue weighted by Gasteiger charge is 2.46. The molecule has 2 N–H and O–H groups in total. The average molecular weight is 288 g/mol. The lowest BCUT2D eigenvalue weighted by Gasteiger charge is -2.36. The lowest BCUT2D eigenvalue weighted by atomic mass is 10.0. The molecule has 0 radical (unpaired) electrons. The van der Waals surface area contributed by atoms with Crippen LogP contribution in [0, 0.1) is 6.92 Å². The van der Waals surface area contributed by atoms with E-state index in [9.17, 15) is 13.2 Å². The Labute approximate surface area is 118 Å². The number of rotatable bonds is 6.